The lowest BCUT2D eigenvalue weighted by atomic mass is 10.3. The summed E-state index contributed by atoms with van der Waals surface area (Å²) in [5.74, 6) is 0.270. The van der Waals surface area contributed by atoms with Gasteiger partial charge in [0, 0.05) is 6.42 Å². The number of unbranched alkanes of at least 4 members (excludes halogenated alkanes) is 1. The van der Waals surface area contributed by atoms with E-state index in [1.165, 1.54) is 0 Å². The van der Waals surface area contributed by atoms with Crippen LogP contribution >= 0.6 is 0 Å². The van der Waals surface area contributed by atoms with Crippen LogP contribution in [0.25, 0.3) is 0 Å². The predicted octanol–water partition coefficient (Wildman–Crippen LogP) is 2.51. The van der Waals surface area contributed by atoms with Crippen molar-refractivity contribution in [1.29, 1.82) is 0 Å². The highest BCUT2D eigenvalue weighted by Crippen LogP contribution is 1.98. The Morgan fingerprint density at radius 2 is 2.12 bits per heavy atom. The molecular weight excluding hydrogens is 100 g/mol. The molecule has 0 aromatic rings. The Kier molecular flexibility index (Phi) is 4.42. The third kappa shape index (κ3) is 3.72. The molecule has 0 spiro atoms. The summed E-state index contributed by atoms with van der Waals surface area (Å²) in [5, 5.41) is 10.5. The highest BCUT2D eigenvalue weighted by Gasteiger charge is 1.86. The second kappa shape index (κ2) is 4.69. The Labute approximate surface area is 51.0 Å². The maximum Gasteiger partial charge on any atom is 0.151 e. The molecule has 1 nitrogen and oxygen atoms in total. The zero-order valence-corrected chi connectivity index (χ0v) is 5.61. The number of hydrogen-bond acceptors (Lipinski definition) is 0. The van der Waals surface area contributed by atoms with Crippen molar-refractivity contribution in [2.75, 3.05) is 0 Å². The highest BCUT2D eigenvalue weighted by molar-refractivity contribution is 4.88. The molecule has 0 rings (SSSR count). The molecule has 0 aromatic carbocycles. The van der Waals surface area contributed by atoms with Crippen molar-refractivity contribution in [3.05, 3.63) is 11.8 Å². The summed E-state index contributed by atoms with van der Waals surface area (Å²) >= 11 is 0. The van der Waals surface area contributed by atoms with Gasteiger partial charge in [0.2, 0.25) is 0 Å². The zero-order valence-electron chi connectivity index (χ0n) is 5.61. The molecule has 0 atom stereocenters. The zero-order chi connectivity index (χ0) is 6.41. The summed E-state index contributed by atoms with van der Waals surface area (Å²) in [6.45, 7) is 3.95. The SMILES string of the molecule is CCC/C=C(/[O])CC. The Morgan fingerprint density at radius 3 is 2.50 bits per heavy atom. The van der Waals surface area contributed by atoms with E-state index in [0.717, 1.165) is 12.8 Å². The summed E-state index contributed by atoms with van der Waals surface area (Å²) in [5.41, 5.74) is 0. The first-order valence-corrected chi connectivity index (χ1v) is 3.17. The van der Waals surface area contributed by atoms with Gasteiger partial charge in [-0.2, -0.15) is 0 Å². The van der Waals surface area contributed by atoms with E-state index in [9.17, 15) is 5.11 Å². The van der Waals surface area contributed by atoms with Crippen molar-refractivity contribution < 1.29 is 5.11 Å². The van der Waals surface area contributed by atoms with E-state index in [1.807, 2.05) is 6.92 Å². The fraction of sp³-hybridized carbons (Fsp3) is 0.714. The molecule has 47 valence electrons. The Hall–Kier alpha value is -0.460. The van der Waals surface area contributed by atoms with E-state index < -0.39 is 0 Å². The predicted molar refractivity (Wildman–Crippen MR) is 34.0 cm³/mol. The fourth-order valence-electron chi connectivity index (χ4n) is 0.450. The molecule has 0 heterocycles. The van der Waals surface area contributed by atoms with Crippen molar-refractivity contribution >= 4 is 0 Å². The second-order valence-electron chi connectivity index (χ2n) is 1.81. The van der Waals surface area contributed by atoms with Crippen molar-refractivity contribution in [3.63, 3.8) is 0 Å². The minimum atomic E-state index is 0.270. The van der Waals surface area contributed by atoms with E-state index in [1.54, 1.807) is 6.08 Å². The molecule has 1 radical (unpaired) electrons. The van der Waals surface area contributed by atoms with Gasteiger partial charge in [-0.3, -0.25) is 5.11 Å². The van der Waals surface area contributed by atoms with Gasteiger partial charge in [-0.05, 0) is 12.5 Å². The second-order valence-corrected chi connectivity index (χ2v) is 1.81. The normalized spacial score (nSPS) is 12.0. The van der Waals surface area contributed by atoms with Crippen molar-refractivity contribution in [2.24, 2.45) is 0 Å². The molecular formula is C7H13O. The monoisotopic (exact) mass is 113 g/mol. The summed E-state index contributed by atoms with van der Waals surface area (Å²) in [6, 6.07) is 0. The van der Waals surface area contributed by atoms with Crippen LogP contribution in [0.1, 0.15) is 33.1 Å². The highest BCUT2D eigenvalue weighted by atomic mass is 16.3. The van der Waals surface area contributed by atoms with Crippen LogP contribution in [-0.2, 0) is 5.11 Å². The average molecular weight is 113 g/mol. The van der Waals surface area contributed by atoms with Crippen LogP contribution in [0.4, 0.5) is 0 Å². The molecule has 0 bridgehead atoms. The topological polar surface area (TPSA) is 19.9 Å². The van der Waals surface area contributed by atoms with Gasteiger partial charge >= 0.3 is 0 Å². The van der Waals surface area contributed by atoms with E-state index in [2.05, 4.69) is 6.92 Å². The number of rotatable bonds is 3. The van der Waals surface area contributed by atoms with Crippen LogP contribution in [-0.4, -0.2) is 0 Å². The molecule has 0 amide bonds. The van der Waals surface area contributed by atoms with Crippen LogP contribution in [0, 0.1) is 0 Å². The van der Waals surface area contributed by atoms with E-state index in [0.29, 0.717) is 6.42 Å². The Balaban J connectivity index is 3.26. The molecule has 0 unspecified atom stereocenters. The van der Waals surface area contributed by atoms with Gasteiger partial charge in [-0.1, -0.05) is 20.3 Å². The molecule has 0 aliphatic carbocycles. The van der Waals surface area contributed by atoms with Gasteiger partial charge in [0.25, 0.3) is 0 Å². The first-order valence-electron chi connectivity index (χ1n) is 3.17. The lowest BCUT2D eigenvalue weighted by Crippen LogP contribution is -1.72. The number of allylic oxidation sites excluding steroid dienone is 2. The van der Waals surface area contributed by atoms with E-state index >= 15 is 0 Å². The van der Waals surface area contributed by atoms with Gasteiger partial charge < -0.3 is 0 Å². The quantitative estimate of drug-likeness (QED) is 0.501. The van der Waals surface area contributed by atoms with E-state index in [4.69, 9.17) is 0 Å². The summed E-state index contributed by atoms with van der Waals surface area (Å²) in [6.07, 6.45) is 4.43. The lowest BCUT2D eigenvalue weighted by Gasteiger charge is -1.85. The van der Waals surface area contributed by atoms with Gasteiger partial charge in [-0.15, -0.1) is 0 Å². The first kappa shape index (κ1) is 7.54. The molecule has 0 aliphatic rings. The summed E-state index contributed by atoms with van der Waals surface area (Å²) < 4.78 is 0. The molecule has 0 saturated heterocycles. The van der Waals surface area contributed by atoms with Gasteiger partial charge in [-0.25, -0.2) is 0 Å². The minimum Gasteiger partial charge on any atom is -0.295 e. The standard InChI is InChI=1S/C7H13O/c1-3-5-6-7(8)4-2/h6H,3-5H2,1-2H3/b7-6+. The van der Waals surface area contributed by atoms with E-state index in [-0.39, 0.29) is 5.76 Å². The number of hydrogen-bond donors (Lipinski definition) is 0. The lowest BCUT2D eigenvalue weighted by molar-refractivity contribution is 0.283. The molecule has 1 heteroatoms. The Bertz CT molecular complexity index is 74.5. The maximum atomic E-state index is 10.5. The Morgan fingerprint density at radius 1 is 1.50 bits per heavy atom. The average Bonchev–Trinajstić information content (AvgIpc) is 1.83. The van der Waals surface area contributed by atoms with Crippen molar-refractivity contribution in [1.82, 2.24) is 0 Å². The molecule has 0 N–H and O–H groups in total. The maximum absolute atomic E-state index is 10.5. The van der Waals surface area contributed by atoms with Crippen LogP contribution in [0.15, 0.2) is 11.8 Å². The van der Waals surface area contributed by atoms with Crippen molar-refractivity contribution in [2.45, 2.75) is 33.1 Å². The molecule has 0 aromatic heterocycles. The molecule has 0 saturated carbocycles. The largest absolute Gasteiger partial charge is 0.295 e. The first-order chi connectivity index (χ1) is 3.81. The van der Waals surface area contributed by atoms with Crippen molar-refractivity contribution in [3.8, 4) is 0 Å². The third-order valence-corrected chi connectivity index (χ3v) is 1.01. The van der Waals surface area contributed by atoms with Gasteiger partial charge in [0.1, 0.15) is 0 Å². The van der Waals surface area contributed by atoms with Crippen LogP contribution < -0.4 is 0 Å². The summed E-state index contributed by atoms with van der Waals surface area (Å²) in [7, 11) is 0. The third-order valence-electron chi connectivity index (χ3n) is 1.01. The van der Waals surface area contributed by atoms with Crippen LogP contribution in [0.5, 0.6) is 0 Å². The molecule has 0 aliphatic heterocycles. The molecule has 8 heavy (non-hydrogen) atoms. The summed E-state index contributed by atoms with van der Waals surface area (Å²) in [4.78, 5) is 0. The fourth-order valence-corrected chi connectivity index (χ4v) is 0.450. The minimum absolute atomic E-state index is 0.270. The smallest absolute Gasteiger partial charge is 0.151 e. The van der Waals surface area contributed by atoms with Gasteiger partial charge in [0.05, 0.1) is 0 Å². The van der Waals surface area contributed by atoms with Gasteiger partial charge in [0.15, 0.2) is 5.76 Å². The molecule has 0 fully saturated rings. The van der Waals surface area contributed by atoms with Crippen LogP contribution in [0.2, 0.25) is 0 Å². The van der Waals surface area contributed by atoms with Crippen LogP contribution in [0.3, 0.4) is 0 Å².